The number of carbonyl (C=O) groups excluding carboxylic acids is 1. The second-order valence-corrected chi connectivity index (χ2v) is 7.55. The van der Waals surface area contributed by atoms with Crippen molar-refractivity contribution in [2.75, 3.05) is 25.6 Å². The van der Waals surface area contributed by atoms with Crippen LogP contribution in [0.5, 0.6) is 0 Å². The summed E-state index contributed by atoms with van der Waals surface area (Å²) in [6.45, 7) is 0.583. The molecule has 2 N–H and O–H groups in total. The van der Waals surface area contributed by atoms with E-state index < -0.39 is 21.7 Å². The zero-order valence-corrected chi connectivity index (χ0v) is 15.5. The van der Waals surface area contributed by atoms with E-state index in [9.17, 15) is 17.6 Å². The molecule has 0 aromatic heterocycles. The van der Waals surface area contributed by atoms with Gasteiger partial charge in [0, 0.05) is 30.8 Å². The van der Waals surface area contributed by atoms with Crippen LogP contribution in [0.3, 0.4) is 0 Å². The Morgan fingerprint density at radius 3 is 2.50 bits per heavy atom. The number of methoxy groups -OCH3 is 1. The van der Waals surface area contributed by atoms with Crippen LogP contribution in [0.2, 0.25) is 5.02 Å². The molecule has 0 spiro atoms. The normalized spacial score (nSPS) is 11.3. The maximum Gasteiger partial charge on any atom is 0.255 e. The summed E-state index contributed by atoms with van der Waals surface area (Å²) in [5.74, 6) is -1.39. The van der Waals surface area contributed by atoms with Crippen molar-refractivity contribution >= 4 is 33.2 Å². The van der Waals surface area contributed by atoms with Gasteiger partial charge in [-0.3, -0.25) is 4.79 Å². The molecule has 0 saturated heterocycles. The van der Waals surface area contributed by atoms with E-state index in [0.717, 1.165) is 6.07 Å². The van der Waals surface area contributed by atoms with Gasteiger partial charge in [0.1, 0.15) is 5.82 Å². The van der Waals surface area contributed by atoms with E-state index >= 15 is 0 Å². The minimum atomic E-state index is -3.84. The molecule has 2 aromatic rings. The highest BCUT2D eigenvalue weighted by Gasteiger charge is 2.17. The number of sulfonamides is 1. The lowest BCUT2D eigenvalue weighted by atomic mass is 10.2. The lowest BCUT2D eigenvalue weighted by Gasteiger charge is -2.10. The molecule has 0 saturated carbocycles. The van der Waals surface area contributed by atoms with Crippen LogP contribution < -0.4 is 10.0 Å². The highest BCUT2D eigenvalue weighted by Crippen LogP contribution is 2.20. The maximum absolute atomic E-state index is 14.2. The van der Waals surface area contributed by atoms with E-state index in [1.807, 2.05) is 0 Å². The maximum atomic E-state index is 14.2. The highest BCUT2D eigenvalue weighted by molar-refractivity contribution is 7.89. The number of anilines is 1. The third kappa shape index (κ3) is 5.50. The molecule has 0 bridgehead atoms. The molecule has 0 aliphatic carbocycles. The summed E-state index contributed by atoms with van der Waals surface area (Å²) >= 11 is 5.75. The lowest BCUT2D eigenvalue weighted by Crippen LogP contribution is -2.25. The fourth-order valence-electron chi connectivity index (χ4n) is 2.07. The van der Waals surface area contributed by atoms with E-state index in [-0.39, 0.29) is 17.1 Å². The van der Waals surface area contributed by atoms with Crippen LogP contribution >= 0.6 is 11.6 Å². The molecule has 0 fully saturated rings. The molecule has 26 heavy (non-hydrogen) atoms. The van der Waals surface area contributed by atoms with Crippen LogP contribution in [-0.4, -0.2) is 34.6 Å². The second kappa shape index (κ2) is 9.09. The number of carbonyl (C=O) groups is 1. The molecule has 0 atom stereocenters. The fourth-order valence-corrected chi connectivity index (χ4v) is 3.28. The Balaban J connectivity index is 2.09. The molecule has 2 rings (SSSR count). The molecule has 0 aliphatic heterocycles. The number of hydrogen-bond donors (Lipinski definition) is 2. The van der Waals surface area contributed by atoms with Gasteiger partial charge in [0.05, 0.1) is 10.6 Å². The van der Waals surface area contributed by atoms with Crippen LogP contribution in [0, 0.1) is 5.82 Å². The Labute approximate surface area is 156 Å². The molecular formula is C17H18ClFN2O4S. The van der Waals surface area contributed by atoms with Crippen molar-refractivity contribution < 1.29 is 22.3 Å². The van der Waals surface area contributed by atoms with Gasteiger partial charge in [-0.2, -0.15) is 0 Å². The van der Waals surface area contributed by atoms with Gasteiger partial charge in [0.15, 0.2) is 0 Å². The van der Waals surface area contributed by atoms with Crippen LogP contribution in [0.4, 0.5) is 10.1 Å². The third-order valence-electron chi connectivity index (χ3n) is 3.42. The first kappa shape index (κ1) is 20.3. The van der Waals surface area contributed by atoms with E-state index in [2.05, 4.69) is 10.0 Å². The molecule has 6 nitrogen and oxygen atoms in total. The van der Waals surface area contributed by atoms with E-state index in [1.54, 1.807) is 0 Å². The second-order valence-electron chi connectivity index (χ2n) is 5.35. The average molecular weight is 401 g/mol. The van der Waals surface area contributed by atoms with Crippen LogP contribution in [0.25, 0.3) is 0 Å². The SMILES string of the molecule is COCCCNS(=O)(=O)c1ccc(NC(=O)c2ccc(Cl)cc2)c(F)c1. The summed E-state index contributed by atoms with van der Waals surface area (Å²) in [6.07, 6.45) is 0.493. The number of amides is 1. The summed E-state index contributed by atoms with van der Waals surface area (Å²) in [5.41, 5.74) is 0.175. The van der Waals surface area contributed by atoms with Crippen LogP contribution in [0.1, 0.15) is 16.8 Å². The smallest absolute Gasteiger partial charge is 0.255 e. The zero-order valence-electron chi connectivity index (χ0n) is 14.0. The van der Waals surface area contributed by atoms with Crippen molar-refractivity contribution in [1.82, 2.24) is 4.72 Å². The van der Waals surface area contributed by atoms with Gasteiger partial charge in [-0.15, -0.1) is 0 Å². The first-order valence-electron chi connectivity index (χ1n) is 7.68. The van der Waals surface area contributed by atoms with Crippen molar-refractivity contribution in [2.45, 2.75) is 11.3 Å². The van der Waals surface area contributed by atoms with Crippen molar-refractivity contribution in [2.24, 2.45) is 0 Å². The first-order chi connectivity index (χ1) is 12.3. The van der Waals surface area contributed by atoms with Gasteiger partial charge >= 0.3 is 0 Å². The highest BCUT2D eigenvalue weighted by atomic mass is 35.5. The molecule has 1 amide bonds. The summed E-state index contributed by atoms with van der Waals surface area (Å²) < 4.78 is 45.6. The Bertz CT molecular complexity index is 873. The third-order valence-corrected chi connectivity index (χ3v) is 5.13. The number of ether oxygens (including phenoxy) is 1. The number of halogens is 2. The van der Waals surface area contributed by atoms with Gasteiger partial charge in [-0.1, -0.05) is 11.6 Å². The summed E-state index contributed by atoms with van der Waals surface area (Å²) in [6, 6.07) is 9.36. The number of hydrogen-bond acceptors (Lipinski definition) is 4. The minimum absolute atomic E-state index is 0.122. The minimum Gasteiger partial charge on any atom is -0.385 e. The van der Waals surface area contributed by atoms with Gasteiger partial charge in [0.2, 0.25) is 10.0 Å². The van der Waals surface area contributed by atoms with Crippen molar-refractivity contribution in [1.29, 1.82) is 0 Å². The van der Waals surface area contributed by atoms with Gasteiger partial charge in [0.25, 0.3) is 5.91 Å². The molecule has 0 heterocycles. The Morgan fingerprint density at radius 1 is 1.19 bits per heavy atom. The fraction of sp³-hybridized carbons (Fsp3) is 0.235. The number of nitrogens with one attached hydrogen (secondary N) is 2. The Hall–Kier alpha value is -2.00. The number of rotatable bonds is 8. The van der Waals surface area contributed by atoms with E-state index in [1.165, 1.54) is 43.5 Å². The van der Waals surface area contributed by atoms with E-state index in [4.69, 9.17) is 16.3 Å². The molecule has 0 unspecified atom stereocenters. The Morgan fingerprint density at radius 2 is 1.88 bits per heavy atom. The molecule has 2 aromatic carbocycles. The molecule has 140 valence electrons. The first-order valence-corrected chi connectivity index (χ1v) is 9.54. The summed E-state index contributed by atoms with van der Waals surface area (Å²) in [7, 11) is -2.32. The van der Waals surface area contributed by atoms with Crippen molar-refractivity contribution in [3.63, 3.8) is 0 Å². The van der Waals surface area contributed by atoms with E-state index in [0.29, 0.717) is 23.6 Å². The quantitative estimate of drug-likeness (QED) is 0.667. The largest absolute Gasteiger partial charge is 0.385 e. The molecule has 0 aliphatic rings. The van der Waals surface area contributed by atoms with Gasteiger partial charge < -0.3 is 10.1 Å². The van der Waals surface area contributed by atoms with Crippen molar-refractivity contribution in [3.8, 4) is 0 Å². The van der Waals surface area contributed by atoms with Crippen LogP contribution in [-0.2, 0) is 14.8 Å². The topological polar surface area (TPSA) is 84.5 Å². The van der Waals surface area contributed by atoms with Crippen molar-refractivity contribution in [3.05, 3.63) is 58.9 Å². The average Bonchev–Trinajstić information content (AvgIpc) is 2.61. The molecule has 0 radical (unpaired) electrons. The predicted octanol–water partition coefficient (Wildman–Crippen LogP) is 3.05. The lowest BCUT2D eigenvalue weighted by molar-refractivity contribution is 0.102. The summed E-state index contributed by atoms with van der Waals surface area (Å²) in [5, 5.41) is 2.87. The Kier molecular flexibility index (Phi) is 7.10. The summed E-state index contributed by atoms with van der Waals surface area (Å²) in [4.78, 5) is 11.9. The standard InChI is InChI=1S/C17H18ClFN2O4S/c1-25-10-2-9-20-26(23,24)14-7-8-16(15(19)11-14)21-17(22)12-3-5-13(18)6-4-12/h3-8,11,20H,2,9-10H2,1H3,(H,21,22). The number of benzene rings is 2. The molecule has 9 heteroatoms. The van der Waals surface area contributed by atoms with Crippen LogP contribution in [0.15, 0.2) is 47.4 Å². The monoisotopic (exact) mass is 400 g/mol. The predicted molar refractivity (Wildman–Crippen MR) is 97.5 cm³/mol. The van der Waals surface area contributed by atoms with Gasteiger partial charge in [-0.05, 0) is 48.9 Å². The zero-order chi connectivity index (χ0) is 19.2. The molecular weight excluding hydrogens is 383 g/mol. The van der Waals surface area contributed by atoms with Gasteiger partial charge in [-0.25, -0.2) is 17.5 Å².